The summed E-state index contributed by atoms with van der Waals surface area (Å²) in [6.07, 6.45) is 3.77. The van der Waals surface area contributed by atoms with Gasteiger partial charge in [0.05, 0.1) is 0 Å². The van der Waals surface area contributed by atoms with Crippen molar-refractivity contribution in [2.24, 2.45) is 0 Å². The maximum Gasteiger partial charge on any atom is 0.00948 e. The summed E-state index contributed by atoms with van der Waals surface area (Å²) in [5.41, 5.74) is 0. The van der Waals surface area contributed by atoms with E-state index >= 15 is 0 Å². The summed E-state index contributed by atoms with van der Waals surface area (Å²) < 4.78 is 4.67. The Balaban J connectivity index is 0. The quantitative estimate of drug-likeness (QED) is 0.401. The Morgan fingerprint density at radius 2 is 1.50 bits per heavy atom. The topological polar surface area (TPSA) is 9.23 Å². The van der Waals surface area contributed by atoms with Gasteiger partial charge in [0, 0.05) is 45.0 Å². The van der Waals surface area contributed by atoms with Crippen LogP contribution in [0.1, 0.15) is 0 Å². The highest BCUT2D eigenvalue weighted by Gasteiger charge is 1.66. The average molecular weight is 121 g/mol. The van der Waals surface area contributed by atoms with Crippen molar-refractivity contribution in [3.8, 4) is 0 Å². The molecule has 0 aliphatic rings. The SMILES string of the molecule is CSOSC.[B]. The third-order valence-corrected chi connectivity index (χ3v) is 1.22. The smallest absolute Gasteiger partial charge is 0.00948 e. The number of rotatable bonds is 2. The normalized spacial score (nSPS) is 7.00. The van der Waals surface area contributed by atoms with E-state index in [2.05, 4.69) is 3.63 Å². The van der Waals surface area contributed by atoms with Gasteiger partial charge in [-0.15, -0.1) is 0 Å². The first-order chi connectivity index (χ1) is 2.41. The lowest BCUT2D eigenvalue weighted by Crippen LogP contribution is -1.51. The molecule has 35 valence electrons. The molecule has 0 rings (SSSR count). The van der Waals surface area contributed by atoms with E-state index in [4.69, 9.17) is 0 Å². The zero-order valence-electron chi connectivity index (χ0n) is 3.80. The van der Waals surface area contributed by atoms with Crippen molar-refractivity contribution >= 4 is 32.5 Å². The zero-order valence-corrected chi connectivity index (χ0v) is 5.44. The van der Waals surface area contributed by atoms with E-state index in [1.54, 1.807) is 0 Å². The van der Waals surface area contributed by atoms with Gasteiger partial charge in [0.25, 0.3) is 0 Å². The molecule has 0 aliphatic carbocycles. The van der Waals surface area contributed by atoms with Gasteiger partial charge in [-0.1, -0.05) is 0 Å². The van der Waals surface area contributed by atoms with Gasteiger partial charge in [0.2, 0.25) is 0 Å². The van der Waals surface area contributed by atoms with Gasteiger partial charge in [0.15, 0.2) is 0 Å². The highest BCUT2D eigenvalue weighted by Crippen LogP contribution is 2.04. The minimum atomic E-state index is 0. The summed E-state index contributed by atoms with van der Waals surface area (Å²) >= 11 is 2.73. The van der Waals surface area contributed by atoms with Gasteiger partial charge in [-0.2, -0.15) is 0 Å². The molecule has 0 amide bonds. The predicted octanol–water partition coefficient (Wildman–Crippen LogP) is 1.18. The molecule has 0 unspecified atom stereocenters. The first-order valence-electron chi connectivity index (χ1n) is 1.15. The summed E-state index contributed by atoms with van der Waals surface area (Å²) in [6.45, 7) is 0. The molecule has 1 nitrogen and oxygen atoms in total. The van der Waals surface area contributed by atoms with E-state index in [-0.39, 0.29) is 8.41 Å². The van der Waals surface area contributed by atoms with Crippen LogP contribution in [0.2, 0.25) is 0 Å². The van der Waals surface area contributed by atoms with Crippen LogP contribution < -0.4 is 0 Å². The molecule has 6 heavy (non-hydrogen) atoms. The number of hydrogen-bond donors (Lipinski definition) is 0. The zero-order chi connectivity index (χ0) is 4.12. The highest BCUT2D eigenvalue weighted by atomic mass is 32.2. The fourth-order valence-corrected chi connectivity index (χ4v) is 0.612. The van der Waals surface area contributed by atoms with Crippen LogP contribution in [0.25, 0.3) is 0 Å². The van der Waals surface area contributed by atoms with Gasteiger partial charge < -0.3 is 0 Å². The molecular formula is C2H6BOS2. The minimum absolute atomic E-state index is 0. The summed E-state index contributed by atoms with van der Waals surface area (Å²) in [5.74, 6) is 0. The Hall–Kier alpha value is 0.725. The summed E-state index contributed by atoms with van der Waals surface area (Å²) in [5, 5.41) is 0. The first-order valence-corrected chi connectivity index (χ1v) is 3.45. The van der Waals surface area contributed by atoms with Gasteiger partial charge in [-0.3, -0.25) is 0 Å². The van der Waals surface area contributed by atoms with Crippen molar-refractivity contribution in [3.63, 3.8) is 0 Å². The number of hydrogen-bond acceptors (Lipinski definition) is 3. The Morgan fingerprint density at radius 1 is 1.17 bits per heavy atom. The molecule has 0 saturated carbocycles. The lowest BCUT2D eigenvalue weighted by Gasteiger charge is -1.82. The maximum absolute atomic E-state index is 4.67. The molecule has 4 heteroatoms. The molecule has 0 bridgehead atoms. The molecule has 0 aromatic carbocycles. The lowest BCUT2D eigenvalue weighted by atomic mass is 10.8. The third-order valence-electron chi connectivity index (χ3n) is 0.136. The molecule has 0 aromatic rings. The van der Waals surface area contributed by atoms with Gasteiger partial charge in [-0.25, -0.2) is 3.63 Å². The largest absolute Gasteiger partial charge is 0.248 e. The Morgan fingerprint density at radius 3 is 1.50 bits per heavy atom. The van der Waals surface area contributed by atoms with E-state index < -0.39 is 0 Å². The molecular weight excluding hydrogens is 115 g/mol. The van der Waals surface area contributed by atoms with Crippen LogP contribution in [0.15, 0.2) is 0 Å². The fourth-order valence-electron chi connectivity index (χ4n) is 0.0680. The Kier molecular flexibility index (Phi) is 15.2. The fraction of sp³-hybridized carbons (Fsp3) is 1.00. The van der Waals surface area contributed by atoms with Crippen molar-refractivity contribution in [3.05, 3.63) is 0 Å². The first kappa shape index (κ1) is 9.87. The third kappa shape index (κ3) is 8.83. The van der Waals surface area contributed by atoms with E-state index in [1.165, 1.54) is 24.1 Å². The maximum atomic E-state index is 4.67. The van der Waals surface area contributed by atoms with Crippen LogP contribution >= 0.6 is 24.1 Å². The van der Waals surface area contributed by atoms with Crippen LogP contribution in [0.5, 0.6) is 0 Å². The monoisotopic (exact) mass is 121 g/mol. The van der Waals surface area contributed by atoms with E-state index in [0.717, 1.165) is 0 Å². The molecule has 0 aromatic heterocycles. The van der Waals surface area contributed by atoms with Crippen molar-refractivity contribution in [2.75, 3.05) is 12.5 Å². The van der Waals surface area contributed by atoms with Crippen molar-refractivity contribution in [2.45, 2.75) is 0 Å². The molecule has 0 spiro atoms. The molecule has 0 heterocycles. The average Bonchev–Trinajstić information content (AvgIpc) is 1.41. The van der Waals surface area contributed by atoms with Crippen LogP contribution in [-0.4, -0.2) is 20.9 Å². The second-order valence-electron chi connectivity index (χ2n) is 0.401. The lowest BCUT2D eigenvalue weighted by molar-refractivity contribution is 0.769. The standard InChI is InChI=1S/C2H6OS2.B/c1-4-3-5-2;/h1-2H3;. The van der Waals surface area contributed by atoms with E-state index in [1.807, 2.05) is 12.5 Å². The van der Waals surface area contributed by atoms with E-state index in [0.29, 0.717) is 0 Å². The molecule has 0 atom stereocenters. The molecule has 0 aliphatic heterocycles. The van der Waals surface area contributed by atoms with Crippen LogP contribution in [0.4, 0.5) is 0 Å². The van der Waals surface area contributed by atoms with Crippen LogP contribution in [-0.2, 0) is 3.63 Å². The van der Waals surface area contributed by atoms with Crippen molar-refractivity contribution < 1.29 is 3.63 Å². The van der Waals surface area contributed by atoms with Crippen LogP contribution in [0, 0.1) is 0 Å². The van der Waals surface area contributed by atoms with Gasteiger partial charge in [-0.05, 0) is 0 Å². The van der Waals surface area contributed by atoms with Gasteiger partial charge >= 0.3 is 0 Å². The minimum Gasteiger partial charge on any atom is -0.248 e. The van der Waals surface area contributed by atoms with E-state index in [9.17, 15) is 0 Å². The highest BCUT2D eigenvalue weighted by molar-refractivity contribution is 8.07. The summed E-state index contributed by atoms with van der Waals surface area (Å²) in [7, 11) is 0. The van der Waals surface area contributed by atoms with Crippen molar-refractivity contribution in [1.29, 1.82) is 0 Å². The summed E-state index contributed by atoms with van der Waals surface area (Å²) in [6, 6.07) is 0. The molecule has 0 saturated heterocycles. The van der Waals surface area contributed by atoms with Crippen molar-refractivity contribution in [1.82, 2.24) is 0 Å². The molecule has 0 fully saturated rings. The second kappa shape index (κ2) is 9.21. The Bertz CT molecular complexity index is 19.0. The summed E-state index contributed by atoms with van der Waals surface area (Å²) in [4.78, 5) is 0. The predicted molar refractivity (Wildman–Crippen MR) is 33.9 cm³/mol. The Labute approximate surface area is 49.2 Å². The molecule has 3 radical (unpaired) electrons. The van der Waals surface area contributed by atoms with Crippen LogP contribution in [0.3, 0.4) is 0 Å². The molecule has 0 N–H and O–H groups in total. The van der Waals surface area contributed by atoms with Gasteiger partial charge in [0.1, 0.15) is 0 Å². The second-order valence-corrected chi connectivity index (χ2v) is 1.61.